The Morgan fingerprint density at radius 3 is 2.71 bits per heavy atom. The van der Waals surface area contributed by atoms with Crippen molar-refractivity contribution in [1.82, 2.24) is 0 Å². The number of halogens is 4. The molecule has 1 saturated carbocycles. The van der Waals surface area contributed by atoms with E-state index in [1.807, 2.05) is 22.6 Å². The van der Waals surface area contributed by atoms with Gasteiger partial charge in [-0.05, 0) is 68.4 Å². The third kappa shape index (κ3) is 1.83. The van der Waals surface area contributed by atoms with Crippen molar-refractivity contribution < 1.29 is 4.39 Å². The van der Waals surface area contributed by atoms with Gasteiger partial charge in [-0.3, -0.25) is 0 Å². The molecular weight excluding hydrogens is 381 g/mol. The average molecular weight is 389 g/mol. The van der Waals surface area contributed by atoms with Gasteiger partial charge < -0.3 is 0 Å². The van der Waals surface area contributed by atoms with Crippen molar-refractivity contribution in [3.8, 4) is 0 Å². The number of rotatable bonds is 1. The van der Waals surface area contributed by atoms with Crippen molar-refractivity contribution in [2.24, 2.45) is 5.92 Å². The summed E-state index contributed by atoms with van der Waals surface area (Å²) in [7, 11) is 0. The lowest BCUT2D eigenvalue weighted by Gasteiger charge is -2.09. The molecule has 4 heteroatoms. The summed E-state index contributed by atoms with van der Waals surface area (Å²) in [6, 6.07) is 1.41. The highest BCUT2D eigenvalue weighted by Gasteiger charge is 2.37. The van der Waals surface area contributed by atoms with Crippen LogP contribution < -0.4 is 0 Å². The maximum atomic E-state index is 13.3. The quantitative estimate of drug-likeness (QED) is 0.361. The van der Waals surface area contributed by atoms with E-state index >= 15 is 0 Å². The topological polar surface area (TPSA) is 0 Å². The molecule has 0 nitrogen and oxygen atoms in total. The smallest absolute Gasteiger partial charge is 0.139 e. The van der Waals surface area contributed by atoms with E-state index in [2.05, 4.69) is 22.9 Å². The van der Waals surface area contributed by atoms with Crippen LogP contribution in [-0.2, 0) is 0 Å². The SMILES string of the molecule is C[C@@H]1C[C@H]1c1c(Cl)cc(F)c(I)c1Br. The van der Waals surface area contributed by atoms with E-state index in [9.17, 15) is 4.39 Å². The second-order valence-corrected chi connectivity index (χ2v) is 5.98. The molecule has 0 saturated heterocycles. The molecule has 0 N–H and O–H groups in total. The number of hydrogen-bond acceptors (Lipinski definition) is 0. The molecule has 0 spiro atoms. The first-order chi connectivity index (χ1) is 6.52. The fourth-order valence-corrected chi connectivity index (χ4v) is 3.23. The first kappa shape index (κ1) is 11.1. The van der Waals surface area contributed by atoms with Crippen LogP contribution in [0.4, 0.5) is 4.39 Å². The van der Waals surface area contributed by atoms with Gasteiger partial charge in [0.2, 0.25) is 0 Å². The summed E-state index contributed by atoms with van der Waals surface area (Å²) in [5, 5.41) is 0.546. The van der Waals surface area contributed by atoms with Crippen LogP contribution in [0.2, 0.25) is 5.02 Å². The van der Waals surface area contributed by atoms with Crippen LogP contribution >= 0.6 is 50.1 Å². The summed E-state index contributed by atoms with van der Waals surface area (Å²) in [6.07, 6.45) is 1.15. The molecule has 76 valence electrons. The van der Waals surface area contributed by atoms with Crippen LogP contribution in [0.5, 0.6) is 0 Å². The van der Waals surface area contributed by atoms with Crippen LogP contribution in [0.25, 0.3) is 0 Å². The molecule has 1 aliphatic rings. The fraction of sp³-hybridized carbons (Fsp3) is 0.400. The Morgan fingerprint density at radius 2 is 2.21 bits per heavy atom. The predicted octanol–water partition coefficient (Wildman–Crippen LogP) is 4.97. The summed E-state index contributed by atoms with van der Waals surface area (Å²) >= 11 is 11.5. The van der Waals surface area contributed by atoms with E-state index in [0.29, 0.717) is 20.4 Å². The lowest BCUT2D eigenvalue weighted by atomic mass is 10.1. The first-order valence-corrected chi connectivity index (χ1v) is 6.60. The lowest BCUT2D eigenvalue weighted by Crippen LogP contribution is -1.93. The largest absolute Gasteiger partial charge is 0.206 e. The van der Waals surface area contributed by atoms with E-state index in [1.54, 1.807) is 0 Å². The van der Waals surface area contributed by atoms with Crippen molar-refractivity contribution in [1.29, 1.82) is 0 Å². The standard InChI is InChI=1S/C10H8BrClFI/c1-4-2-5(4)8-6(12)3-7(13)10(14)9(8)11/h3-5H,2H2,1H3/t4-,5-/m1/s1. The minimum absolute atomic E-state index is 0.250. The molecule has 2 atom stereocenters. The maximum Gasteiger partial charge on any atom is 0.139 e. The molecule has 0 radical (unpaired) electrons. The lowest BCUT2D eigenvalue weighted by molar-refractivity contribution is 0.618. The van der Waals surface area contributed by atoms with Crippen LogP contribution in [-0.4, -0.2) is 0 Å². The van der Waals surface area contributed by atoms with Gasteiger partial charge in [0.05, 0.1) is 3.57 Å². The molecule has 0 bridgehead atoms. The minimum atomic E-state index is -0.250. The van der Waals surface area contributed by atoms with Crippen LogP contribution in [0.1, 0.15) is 24.8 Å². The Kier molecular flexibility index (Phi) is 3.11. The van der Waals surface area contributed by atoms with Gasteiger partial charge in [-0.25, -0.2) is 4.39 Å². The highest BCUT2D eigenvalue weighted by atomic mass is 127. The highest BCUT2D eigenvalue weighted by Crippen LogP contribution is 2.52. The van der Waals surface area contributed by atoms with Gasteiger partial charge in [0.1, 0.15) is 5.82 Å². The van der Waals surface area contributed by atoms with Crippen molar-refractivity contribution in [3.63, 3.8) is 0 Å². The Balaban J connectivity index is 2.54. The maximum absolute atomic E-state index is 13.3. The second kappa shape index (κ2) is 3.91. The average Bonchev–Trinajstić information content (AvgIpc) is 2.79. The molecular formula is C10H8BrClFI. The van der Waals surface area contributed by atoms with Gasteiger partial charge in [-0.15, -0.1) is 0 Å². The zero-order chi connectivity index (χ0) is 10.5. The van der Waals surface area contributed by atoms with Crippen LogP contribution in [0, 0.1) is 15.3 Å². The van der Waals surface area contributed by atoms with Gasteiger partial charge in [0, 0.05) is 9.50 Å². The van der Waals surface area contributed by atoms with Gasteiger partial charge >= 0.3 is 0 Å². The van der Waals surface area contributed by atoms with Gasteiger partial charge in [0.25, 0.3) is 0 Å². The third-order valence-corrected chi connectivity index (χ3v) is 5.56. The summed E-state index contributed by atoms with van der Waals surface area (Å²) in [4.78, 5) is 0. The van der Waals surface area contributed by atoms with E-state index in [1.165, 1.54) is 6.07 Å². The molecule has 0 heterocycles. The van der Waals surface area contributed by atoms with Crippen LogP contribution in [0.15, 0.2) is 10.5 Å². The normalized spacial score (nSPS) is 25.2. The van der Waals surface area contributed by atoms with Crippen molar-refractivity contribution in [2.45, 2.75) is 19.3 Å². The highest BCUT2D eigenvalue weighted by molar-refractivity contribution is 14.1. The molecule has 14 heavy (non-hydrogen) atoms. The van der Waals surface area contributed by atoms with E-state index in [4.69, 9.17) is 11.6 Å². The minimum Gasteiger partial charge on any atom is -0.206 e. The zero-order valence-electron chi connectivity index (χ0n) is 7.45. The molecule has 1 fully saturated rings. The Labute approximate surface area is 109 Å². The van der Waals surface area contributed by atoms with Crippen LogP contribution in [0.3, 0.4) is 0 Å². The van der Waals surface area contributed by atoms with Gasteiger partial charge in [-0.1, -0.05) is 18.5 Å². The van der Waals surface area contributed by atoms with E-state index in [0.717, 1.165) is 16.5 Å². The Bertz CT molecular complexity index is 394. The predicted molar refractivity (Wildman–Crippen MR) is 68.3 cm³/mol. The molecule has 1 aliphatic carbocycles. The molecule has 0 amide bonds. The van der Waals surface area contributed by atoms with Gasteiger partial charge in [-0.2, -0.15) is 0 Å². The molecule has 0 unspecified atom stereocenters. The van der Waals surface area contributed by atoms with Crippen molar-refractivity contribution >= 4 is 50.1 Å². The fourth-order valence-electron chi connectivity index (χ4n) is 1.64. The molecule has 2 rings (SSSR count). The number of benzene rings is 1. The van der Waals surface area contributed by atoms with Gasteiger partial charge in [0.15, 0.2) is 0 Å². The molecule has 1 aromatic rings. The third-order valence-electron chi connectivity index (χ3n) is 2.63. The molecule has 1 aromatic carbocycles. The van der Waals surface area contributed by atoms with E-state index < -0.39 is 0 Å². The summed E-state index contributed by atoms with van der Waals surface area (Å²) in [5.41, 5.74) is 1.07. The molecule has 0 aromatic heterocycles. The van der Waals surface area contributed by atoms with E-state index in [-0.39, 0.29) is 5.82 Å². The summed E-state index contributed by atoms with van der Waals surface area (Å²) < 4.78 is 14.7. The summed E-state index contributed by atoms with van der Waals surface area (Å²) in [6.45, 7) is 2.18. The van der Waals surface area contributed by atoms with Crippen molar-refractivity contribution in [2.75, 3.05) is 0 Å². The zero-order valence-corrected chi connectivity index (χ0v) is 12.0. The van der Waals surface area contributed by atoms with Crippen molar-refractivity contribution in [3.05, 3.63) is 30.5 Å². The monoisotopic (exact) mass is 388 g/mol. The first-order valence-electron chi connectivity index (χ1n) is 4.35. The molecule has 0 aliphatic heterocycles. The summed E-state index contributed by atoms with van der Waals surface area (Å²) in [5.74, 6) is 0.926. The Morgan fingerprint density at radius 1 is 1.64 bits per heavy atom. The Hall–Kier alpha value is 0.650. The second-order valence-electron chi connectivity index (χ2n) is 3.70. The number of hydrogen-bond donors (Lipinski definition) is 0.